The molecular formula is C21H22O3S. The number of esters is 1. The van der Waals surface area contributed by atoms with Crippen LogP contribution in [0, 0.1) is 0 Å². The molecule has 25 heavy (non-hydrogen) atoms. The summed E-state index contributed by atoms with van der Waals surface area (Å²) in [5.74, 6) is -0.0253. The maximum atomic E-state index is 12.1. The Morgan fingerprint density at radius 2 is 1.72 bits per heavy atom. The van der Waals surface area contributed by atoms with Crippen LogP contribution < -0.4 is 0 Å². The maximum Gasteiger partial charge on any atom is 0.341 e. The molecule has 2 aromatic rings. The highest BCUT2D eigenvalue weighted by Gasteiger charge is 2.16. The van der Waals surface area contributed by atoms with Crippen LogP contribution in [0.4, 0.5) is 0 Å². The van der Waals surface area contributed by atoms with Crippen molar-refractivity contribution in [1.82, 2.24) is 0 Å². The molecule has 0 atom stereocenters. The Bertz CT molecular complexity index is 751. The fourth-order valence-electron chi connectivity index (χ4n) is 2.20. The normalized spacial score (nSPS) is 11.2. The van der Waals surface area contributed by atoms with Crippen molar-refractivity contribution < 1.29 is 14.3 Å². The molecule has 0 amide bonds. The highest BCUT2D eigenvalue weighted by Crippen LogP contribution is 2.28. The second-order valence-corrected chi connectivity index (χ2v) is 6.58. The summed E-state index contributed by atoms with van der Waals surface area (Å²) in [6, 6.07) is 17.9. The number of ether oxygens (including phenoxy) is 1. The standard InChI is InChI=1S/C21H22O3S/c1-3-13-24-21(23)19(16(2)22)14-18-11-7-8-12-20(18)25-15-17-9-5-4-6-10-17/h4-12,14H,3,13,15H2,1-2H3/b19-14+. The zero-order valence-electron chi connectivity index (χ0n) is 14.5. The number of hydrogen-bond acceptors (Lipinski definition) is 4. The second-order valence-electron chi connectivity index (χ2n) is 5.56. The van der Waals surface area contributed by atoms with Gasteiger partial charge in [0.15, 0.2) is 5.78 Å². The van der Waals surface area contributed by atoms with Gasteiger partial charge < -0.3 is 4.74 Å². The second kappa shape index (κ2) is 9.84. The first-order valence-corrected chi connectivity index (χ1v) is 9.26. The van der Waals surface area contributed by atoms with Crippen LogP contribution in [0.1, 0.15) is 31.4 Å². The van der Waals surface area contributed by atoms with Crippen LogP contribution in [0.5, 0.6) is 0 Å². The van der Waals surface area contributed by atoms with E-state index < -0.39 is 5.97 Å². The largest absolute Gasteiger partial charge is 0.462 e. The molecule has 0 aliphatic rings. The van der Waals surface area contributed by atoms with E-state index >= 15 is 0 Å². The summed E-state index contributed by atoms with van der Waals surface area (Å²) < 4.78 is 5.12. The lowest BCUT2D eigenvalue weighted by molar-refractivity contribution is -0.140. The van der Waals surface area contributed by atoms with Gasteiger partial charge >= 0.3 is 5.97 Å². The maximum absolute atomic E-state index is 12.1. The van der Waals surface area contributed by atoms with Gasteiger partial charge in [-0.3, -0.25) is 4.79 Å². The van der Waals surface area contributed by atoms with Crippen molar-refractivity contribution in [2.75, 3.05) is 6.61 Å². The molecule has 0 aliphatic carbocycles. The predicted octanol–water partition coefficient (Wildman–Crippen LogP) is 4.90. The third kappa shape index (κ3) is 5.91. The summed E-state index contributed by atoms with van der Waals surface area (Å²) in [5.41, 5.74) is 2.16. The Morgan fingerprint density at radius 3 is 2.40 bits per heavy atom. The highest BCUT2D eigenvalue weighted by molar-refractivity contribution is 7.98. The first-order chi connectivity index (χ1) is 12.1. The van der Waals surface area contributed by atoms with Crippen molar-refractivity contribution in [3.8, 4) is 0 Å². The smallest absolute Gasteiger partial charge is 0.341 e. The Labute approximate surface area is 153 Å². The van der Waals surface area contributed by atoms with Gasteiger partial charge in [0.1, 0.15) is 5.57 Å². The van der Waals surface area contributed by atoms with Crippen LogP contribution in [0.25, 0.3) is 6.08 Å². The number of carbonyl (C=O) groups excluding carboxylic acids is 2. The number of carbonyl (C=O) groups is 2. The molecule has 0 aromatic heterocycles. The van der Waals surface area contributed by atoms with Gasteiger partial charge in [-0.25, -0.2) is 4.79 Å². The zero-order chi connectivity index (χ0) is 18.1. The average Bonchev–Trinajstić information content (AvgIpc) is 2.63. The fourth-order valence-corrected chi connectivity index (χ4v) is 3.18. The molecule has 0 unspecified atom stereocenters. The molecule has 0 bridgehead atoms. The fraction of sp³-hybridized carbons (Fsp3) is 0.238. The molecular weight excluding hydrogens is 332 g/mol. The van der Waals surface area contributed by atoms with Crippen molar-refractivity contribution >= 4 is 29.6 Å². The van der Waals surface area contributed by atoms with Gasteiger partial charge in [-0.05, 0) is 36.6 Å². The van der Waals surface area contributed by atoms with Gasteiger partial charge in [0.25, 0.3) is 0 Å². The average molecular weight is 354 g/mol. The molecule has 4 heteroatoms. The SMILES string of the molecule is CCCOC(=O)/C(=C/c1ccccc1SCc1ccccc1)C(C)=O. The van der Waals surface area contributed by atoms with Gasteiger partial charge in [0.2, 0.25) is 0 Å². The molecule has 3 nitrogen and oxygen atoms in total. The molecule has 0 fully saturated rings. The monoisotopic (exact) mass is 354 g/mol. The molecule has 2 rings (SSSR count). The highest BCUT2D eigenvalue weighted by atomic mass is 32.2. The van der Waals surface area contributed by atoms with Gasteiger partial charge in [0.05, 0.1) is 6.61 Å². The molecule has 130 valence electrons. The van der Waals surface area contributed by atoms with Gasteiger partial charge in [-0.1, -0.05) is 55.5 Å². The van der Waals surface area contributed by atoms with Crippen LogP contribution in [0.2, 0.25) is 0 Å². The lowest BCUT2D eigenvalue weighted by Crippen LogP contribution is -2.14. The van der Waals surface area contributed by atoms with Crippen LogP contribution >= 0.6 is 11.8 Å². The molecule has 0 heterocycles. The predicted molar refractivity (Wildman–Crippen MR) is 102 cm³/mol. The van der Waals surface area contributed by atoms with Crippen molar-refractivity contribution in [3.05, 3.63) is 71.3 Å². The summed E-state index contributed by atoms with van der Waals surface area (Å²) in [7, 11) is 0. The van der Waals surface area contributed by atoms with E-state index in [1.807, 2.05) is 49.4 Å². The molecule has 0 N–H and O–H groups in total. The van der Waals surface area contributed by atoms with E-state index in [1.54, 1.807) is 17.8 Å². The number of thioether (sulfide) groups is 1. The minimum Gasteiger partial charge on any atom is -0.462 e. The molecule has 0 saturated carbocycles. The molecule has 0 saturated heterocycles. The molecule has 0 aliphatic heterocycles. The van der Waals surface area contributed by atoms with E-state index in [1.165, 1.54) is 12.5 Å². The molecule has 2 aromatic carbocycles. The van der Waals surface area contributed by atoms with Gasteiger partial charge in [0, 0.05) is 10.6 Å². The summed E-state index contributed by atoms with van der Waals surface area (Å²) in [6.07, 6.45) is 2.36. The Balaban J connectivity index is 2.22. The zero-order valence-corrected chi connectivity index (χ0v) is 15.3. The van der Waals surface area contributed by atoms with E-state index in [0.29, 0.717) is 6.61 Å². The Morgan fingerprint density at radius 1 is 1.04 bits per heavy atom. The van der Waals surface area contributed by atoms with Gasteiger partial charge in [-0.15, -0.1) is 11.8 Å². The summed E-state index contributed by atoms with van der Waals surface area (Å²) in [6.45, 7) is 3.62. The van der Waals surface area contributed by atoms with Crippen LogP contribution in [0.3, 0.4) is 0 Å². The van der Waals surface area contributed by atoms with Crippen molar-refractivity contribution in [2.45, 2.75) is 30.9 Å². The van der Waals surface area contributed by atoms with E-state index in [2.05, 4.69) is 12.1 Å². The first-order valence-electron chi connectivity index (χ1n) is 8.27. The minimum atomic E-state index is -0.558. The van der Waals surface area contributed by atoms with Crippen molar-refractivity contribution in [2.24, 2.45) is 0 Å². The van der Waals surface area contributed by atoms with Crippen LogP contribution in [-0.4, -0.2) is 18.4 Å². The Kier molecular flexibility index (Phi) is 7.48. The quantitative estimate of drug-likeness (QED) is 0.222. The van der Waals surface area contributed by atoms with Gasteiger partial charge in [-0.2, -0.15) is 0 Å². The number of benzene rings is 2. The number of Topliss-reactive ketones (excluding diaryl/α,β-unsaturated/α-hetero) is 1. The van der Waals surface area contributed by atoms with E-state index in [0.717, 1.165) is 22.6 Å². The van der Waals surface area contributed by atoms with E-state index in [4.69, 9.17) is 4.74 Å². The third-order valence-corrected chi connectivity index (χ3v) is 4.65. The minimum absolute atomic E-state index is 0.0845. The first kappa shape index (κ1) is 19.0. The Hall–Kier alpha value is -2.33. The summed E-state index contributed by atoms with van der Waals surface area (Å²) in [4.78, 5) is 25.0. The summed E-state index contributed by atoms with van der Waals surface area (Å²) in [5, 5.41) is 0. The van der Waals surface area contributed by atoms with Crippen LogP contribution in [0.15, 0.2) is 65.1 Å². The van der Waals surface area contributed by atoms with E-state index in [9.17, 15) is 9.59 Å². The lowest BCUT2D eigenvalue weighted by atomic mass is 10.1. The molecule has 0 spiro atoms. The lowest BCUT2D eigenvalue weighted by Gasteiger charge is -2.08. The van der Waals surface area contributed by atoms with Crippen molar-refractivity contribution in [3.63, 3.8) is 0 Å². The number of hydrogen-bond donors (Lipinski definition) is 0. The topological polar surface area (TPSA) is 43.4 Å². The van der Waals surface area contributed by atoms with Crippen LogP contribution in [-0.2, 0) is 20.1 Å². The molecule has 0 radical (unpaired) electrons. The number of rotatable bonds is 8. The third-order valence-electron chi connectivity index (χ3n) is 3.49. The number of ketones is 1. The van der Waals surface area contributed by atoms with Crippen molar-refractivity contribution in [1.29, 1.82) is 0 Å². The van der Waals surface area contributed by atoms with E-state index in [-0.39, 0.29) is 11.4 Å². The summed E-state index contributed by atoms with van der Waals surface area (Å²) >= 11 is 1.68.